The Morgan fingerprint density at radius 3 is 2.16 bits per heavy atom. The van der Waals surface area contributed by atoms with Crippen LogP contribution in [0.5, 0.6) is 28.7 Å². The van der Waals surface area contributed by atoms with Crippen molar-refractivity contribution in [3.05, 3.63) is 101 Å². The van der Waals surface area contributed by atoms with Crippen LogP contribution >= 0.6 is 0 Å². The third kappa shape index (κ3) is 9.36. The number of phenols is 1. The molecule has 0 aliphatic carbocycles. The number of nitro benzene ring substituents is 1. The van der Waals surface area contributed by atoms with Crippen molar-refractivity contribution in [3.8, 4) is 28.7 Å². The Bertz CT molecular complexity index is 2930. The average Bonchev–Trinajstić information content (AvgIpc) is 3.46. The van der Waals surface area contributed by atoms with Crippen molar-refractivity contribution in [1.29, 1.82) is 0 Å². The largest absolute Gasteiger partial charge is 3.00 e. The van der Waals surface area contributed by atoms with Gasteiger partial charge in [0.25, 0.3) is 5.69 Å². The molecular formula is C35H23CrN7NaO12S2. The first-order valence-electron chi connectivity index (χ1n) is 15.7. The zero-order valence-corrected chi connectivity index (χ0v) is 34.7. The molecule has 6 aromatic rings. The minimum absolute atomic E-state index is 0. The molecule has 23 heteroatoms. The van der Waals surface area contributed by atoms with Gasteiger partial charge in [-0.25, -0.2) is 22.0 Å². The second-order valence-electron chi connectivity index (χ2n) is 11.7. The summed E-state index contributed by atoms with van der Waals surface area (Å²) < 4.78 is 53.1. The molecule has 1 heterocycles. The van der Waals surface area contributed by atoms with Gasteiger partial charge in [-0.15, -0.1) is 10.2 Å². The van der Waals surface area contributed by atoms with E-state index in [0.717, 1.165) is 36.4 Å². The van der Waals surface area contributed by atoms with E-state index in [-0.39, 0.29) is 91.4 Å². The molecule has 0 saturated heterocycles. The number of sulfonamides is 1. The van der Waals surface area contributed by atoms with E-state index >= 15 is 0 Å². The summed E-state index contributed by atoms with van der Waals surface area (Å²) in [7, 11) is -8.03. The second kappa shape index (κ2) is 17.8. The zero-order chi connectivity index (χ0) is 40.5. The van der Waals surface area contributed by atoms with Crippen molar-refractivity contribution in [1.82, 2.24) is 0 Å². The summed E-state index contributed by atoms with van der Waals surface area (Å²) >= 11 is 0. The summed E-state index contributed by atoms with van der Waals surface area (Å²) in [4.78, 5) is 13.3. The maximum Gasteiger partial charge on any atom is 3.00 e. The SMILES string of the molecule is CC([O-])=Nc1cccc2ccc([O-])c(N=Nc3cc([N+](=O)[O-])ccc3[O-])c12.NS(=O)(=O)c1ccc(O)c(N=Nc2c3c(c4ccccc4c2[O-])OCS3(=O)=O)c1.[Cr+3].[Na+]. The Morgan fingerprint density at radius 2 is 1.48 bits per heavy atom. The molecule has 0 unspecified atom stereocenters. The van der Waals surface area contributed by atoms with Crippen LogP contribution in [0.25, 0.3) is 21.5 Å². The molecule has 6 aromatic carbocycles. The number of ether oxygens (including phenoxy) is 1. The number of nitrogens with zero attached hydrogens (tertiary/aromatic N) is 6. The average molecular weight is 873 g/mol. The maximum atomic E-state index is 12.9. The number of fused-ring (bicyclic) bond motifs is 4. The van der Waals surface area contributed by atoms with Crippen LogP contribution in [0, 0.1) is 10.1 Å². The van der Waals surface area contributed by atoms with Crippen molar-refractivity contribution in [2.45, 2.75) is 16.7 Å². The van der Waals surface area contributed by atoms with Gasteiger partial charge in [-0.2, -0.15) is 10.2 Å². The Morgan fingerprint density at radius 1 is 0.828 bits per heavy atom. The topological polar surface area (TPSA) is 321 Å². The van der Waals surface area contributed by atoms with Crippen LogP contribution in [0.15, 0.2) is 126 Å². The number of benzene rings is 6. The maximum absolute atomic E-state index is 12.9. The van der Waals surface area contributed by atoms with Crippen LogP contribution in [-0.2, 0) is 37.2 Å². The summed E-state index contributed by atoms with van der Waals surface area (Å²) in [6, 6.07) is 20.1. The molecule has 1 radical (unpaired) electrons. The third-order valence-corrected chi connectivity index (χ3v) is 10.2. The molecule has 0 amide bonds. The van der Waals surface area contributed by atoms with Gasteiger partial charge >= 0.3 is 46.9 Å². The second-order valence-corrected chi connectivity index (χ2v) is 15.1. The van der Waals surface area contributed by atoms with E-state index in [1.165, 1.54) is 19.1 Å². The van der Waals surface area contributed by atoms with Crippen molar-refractivity contribution in [3.63, 3.8) is 0 Å². The van der Waals surface area contributed by atoms with Gasteiger partial charge in [0.05, 0.1) is 26.9 Å². The van der Waals surface area contributed by atoms with Crippen LogP contribution in [-0.4, -0.2) is 38.7 Å². The molecule has 1 aliphatic rings. The molecule has 19 nitrogen and oxygen atoms in total. The number of azo groups is 2. The van der Waals surface area contributed by atoms with Crippen LogP contribution in [0.4, 0.5) is 34.1 Å². The predicted octanol–water partition coefficient (Wildman–Crippen LogP) is 1.53. The summed E-state index contributed by atoms with van der Waals surface area (Å²) in [6.07, 6.45) is 0. The molecule has 3 N–H and O–H groups in total. The Labute approximate surface area is 361 Å². The number of non-ortho nitro benzene ring substituents is 1. The van der Waals surface area contributed by atoms with Crippen molar-refractivity contribution < 1.29 is 98.9 Å². The Kier molecular flexibility index (Phi) is 13.8. The van der Waals surface area contributed by atoms with Crippen molar-refractivity contribution >= 4 is 81.4 Å². The number of aliphatic imine (C=N–C) groups is 1. The van der Waals surface area contributed by atoms with Crippen LogP contribution < -0.4 is 59.9 Å². The van der Waals surface area contributed by atoms with E-state index in [1.54, 1.807) is 42.5 Å². The summed E-state index contributed by atoms with van der Waals surface area (Å²) in [5.74, 6) is -3.31. The fraction of sp³-hybridized carbons (Fsp3) is 0.0571. The van der Waals surface area contributed by atoms with Gasteiger partial charge in [0.1, 0.15) is 27.8 Å². The van der Waals surface area contributed by atoms with Crippen molar-refractivity contribution in [2.75, 3.05) is 5.94 Å². The molecule has 0 atom stereocenters. The van der Waals surface area contributed by atoms with Crippen LogP contribution in [0.1, 0.15) is 6.92 Å². The summed E-state index contributed by atoms with van der Waals surface area (Å²) in [6.45, 7) is 1.27. The molecule has 0 saturated carbocycles. The van der Waals surface area contributed by atoms with E-state index in [9.17, 15) is 52.5 Å². The fourth-order valence-corrected chi connectivity index (χ4v) is 7.21. The van der Waals surface area contributed by atoms with Crippen LogP contribution in [0.2, 0.25) is 0 Å². The minimum Gasteiger partial charge on any atom is -0.871 e. The number of sulfone groups is 1. The normalized spacial score (nSPS) is 13.3. The van der Waals surface area contributed by atoms with E-state index in [0.29, 0.717) is 16.2 Å². The number of hydrogen-bond donors (Lipinski definition) is 2. The van der Waals surface area contributed by atoms with E-state index in [1.807, 2.05) is 0 Å². The number of rotatable bonds is 7. The molecule has 58 heavy (non-hydrogen) atoms. The van der Waals surface area contributed by atoms with E-state index < -0.39 is 70.2 Å². The quantitative estimate of drug-likeness (QED) is 0.0576. The van der Waals surface area contributed by atoms with Gasteiger partial charge in [-0.05, 0) is 47.9 Å². The smallest absolute Gasteiger partial charge is 0.871 e. The zero-order valence-electron chi connectivity index (χ0n) is 29.8. The Hall–Kier alpha value is -5.70. The molecule has 289 valence electrons. The van der Waals surface area contributed by atoms with E-state index in [2.05, 4.69) is 25.4 Å². The van der Waals surface area contributed by atoms with Gasteiger partial charge in [-0.1, -0.05) is 71.8 Å². The number of primary sulfonamides is 1. The molecule has 7 rings (SSSR count). The third-order valence-electron chi connectivity index (χ3n) is 7.90. The number of phenolic OH excluding ortho intramolecular Hbond substituents is 1. The van der Waals surface area contributed by atoms with Crippen molar-refractivity contribution in [2.24, 2.45) is 30.6 Å². The summed E-state index contributed by atoms with van der Waals surface area (Å²) in [5, 5.41) is 90.6. The number of aromatic hydroxyl groups is 1. The standard InChI is InChI=1S/C18H14N4O5.C17H13N3O7S2.Cr.Na/c1-10(23)19-13-4-2-3-11-5-7-16(25)18(17(11)13)21-20-14-9-12(22(26)27)6-8-15(14)24;18-29(25,26)9-5-6-13(21)12(7-9)19-20-14-15(22)10-3-1-2-4-11(10)16-17(14)28(23,24)8-27-16;;/h2-9,24-25H,1H3,(H,19,23);1-7,21-22H,8H2,(H2,18,25,26);;/q;;+3;+1/p-4. The number of hydrogen-bond acceptors (Lipinski definition) is 17. The molecule has 0 spiro atoms. The van der Waals surface area contributed by atoms with E-state index in [4.69, 9.17) is 9.88 Å². The van der Waals surface area contributed by atoms with Gasteiger partial charge < -0.3 is 30.3 Å². The minimum atomic E-state index is -4.08. The van der Waals surface area contributed by atoms with Gasteiger partial charge in [0.2, 0.25) is 19.9 Å². The monoisotopic (exact) mass is 872 g/mol. The molecule has 0 fully saturated rings. The van der Waals surface area contributed by atoms with Gasteiger partial charge in [0, 0.05) is 22.9 Å². The molecular weight excluding hydrogens is 850 g/mol. The number of nitro groups is 1. The first kappa shape index (κ1) is 45.0. The van der Waals surface area contributed by atoms with Crippen LogP contribution in [0.3, 0.4) is 0 Å². The molecule has 0 bridgehead atoms. The van der Waals surface area contributed by atoms with Gasteiger partial charge in [-0.3, -0.25) is 15.1 Å². The summed E-state index contributed by atoms with van der Waals surface area (Å²) in [5.41, 5.74) is -1.27. The number of nitrogens with two attached hydrogens (primary N) is 1. The molecule has 1 aliphatic heterocycles. The fourth-order valence-electron chi connectivity index (χ4n) is 5.41. The molecule has 0 aromatic heterocycles. The first-order valence-corrected chi connectivity index (χ1v) is 18.9. The first-order chi connectivity index (χ1) is 26.5. The Balaban J connectivity index is 0.000000249. The predicted molar refractivity (Wildman–Crippen MR) is 193 cm³/mol. The van der Waals surface area contributed by atoms with Gasteiger partial charge in [0.15, 0.2) is 5.94 Å².